The van der Waals surface area contributed by atoms with Crippen molar-refractivity contribution in [2.24, 2.45) is 0 Å². The van der Waals surface area contributed by atoms with Crippen molar-refractivity contribution < 1.29 is 26.7 Å². The van der Waals surface area contributed by atoms with Crippen molar-refractivity contribution in [3.63, 3.8) is 0 Å². The van der Waals surface area contributed by atoms with Crippen molar-refractivity contribution in [3.8, 4) is 0 Å². The molecule has 0 unspecified atom stereocenters. The van der Waals surface area contributed by atoms with Crippen molar-refractivity contribution in [3.05, 3.63) is 70.8 Å². The topological polar surface area (TPSA) is 29.1 Å². The zero-order chi connectivity index (χ0) is 16.3. The summed E-state index contributed by atoms with van der Waals surface area (Å²) < 4.78 is 62.9. The zero-order valence-electron chi connectivity index (χ0n) is 11.0. The van der Waals surface area contributed by atoms with Crippen LogP contribution in [0.1, 0.15) is 21.5 Å². The van der Waals surface area contributed by atoms with Gasteiger partial charge in [0.05, 0.1) is 5.56 Å². The predicted octanol–water partition coefficient (Wildman–Crippen LogP) is 3.91. The molecule has 0 bridgehead atoms. The summed E-state index contributed by atoms with van der Waals surface area (Å²) >= 11 is 0. The quantitative estimate of drug-likeness (QED) is 0.855. The monoisotopic (exact) mass is 315 g/mol. The first-order valence-electron chi connectivity index (χ1n) is 6.17. The molecule has 0 fully saturated rings. The van der Waals surface area contributed by atoms with Crippen LogP contribution >= 0.6 is 0 Å². The van der Waals surface area contributed by atoms with Crippen molar-refractivity contribution in [2.75, 3.05) is 0 Å². The van der Waals surface area contributed by atoms with Crippen LogP contribution in [0.5, 0.6) is 0 Å². The van der Waals surface area contributed by atoms with Gasteiger partial charge in [-0.15, -0.1) is 0 Å². The van der Waals surface area contributed by atoms with Gasteiger partial charge in [0.2, 0.25) is 0 Å². The second-order valence-corrected chi connectivity index (χ2v) is 4.51. The van der Waals surface area contributed by atoms with Gasteiger partial charge in [0, 0.05) is 12.1 Å². The van der Waals surface area contributed by atoms with Crippen LogP contribution in [0.15, 0.2) is 42.5 Å². The highest BCUT2D eigenvalue weighted by atomic mass is 19.4. The van der Waals surface area contributed by atoms with E-state index in [1.165, 1.54) is 12.1 Å². The summed E-state index contributed by atoms with van der Waals surface area (Å²) in [5, 5.41) is 2.41. The minimum Gasteiger partial charge on any atom is -0.348 e. The molecule has 0 atom stereocenters. The van der Waals surface area contributed by atoms with E-state index in [-0.39, 0.29) is 12.1 Å². The van der Waals surface area contributed by atoms with Crippen LogP contribution < -0.4 is 5.32 Å². The molecule has 2 aromatic carbocycles. The van der Waals surface area contributed by atoms with Crippen molar-refractivity contribution in [1.82, 2.24) is 5.32 Å². The maximum absolute atomic E-state index is 13.0. The van der Waals surface area contributed by atoms with Gasteiger partial charge in [0.25, 0.3) is 5.91 Å². The molecule has 2 aromatic rings. The van der Waals surface area contributed by atoms with Gasteiger partial charge in [0.15, 0.2) is 11.6 Å². The molecule has 0 aromatic heterocycles. The van der Waals surface area contributed by atoms with E-state index in [0.717, 1.165) is 30.3 Å². The lowest BCUT2D eigenvalue weighted by atomic mass is 10.1. The number of carbonyl (C=O) groups excluding carboxylic acids is 1. The number of benzene rings is 2. The molecule has 2 rings (SSSR count). The highest BCUT2D eigenvalue weighted by Gasteiger charge is 2.29. The first-order valence-corrected chi connectivity index (χ1v) is 6.17. The number of hydrogen-bond acceptors (Lipinski definition) is 1. The van der Waals surface area contributed by atoms with Crippen molar-refractivity contribution >= 4 is 5.91 Å². The Labute approximate surface area is 122 Å². The van der Waals surface area contributed by atoms with Crippen LogP contribution in [-0.4, -0.2) is 5.91 Å². The van der Waals surface area contributed by atoms with E-state index in [2.05, 4.69) is 5.32 Å². The van der Waals surface area contributed by atoms with E-state index in [9.17, 15) is 26.7 Å². The molecular weight excluding hydrogens is 305 g/mol. The van der Waals surface area contributed by atoms with Gasteiger partial charge in [-0.25, -0.2) is 8.78 Å². The van der Waals surface area contributed by atoms with Gasteiger partial charge >= 0.3 is 6.18 Å². The molecule has 1 amide bonds. The van der Waals surface area contributed by atoms with E-state index >= 15 is 0 Å². The molecule has 0 spiro atoms. The lowest BCUT2D eigenvalue weighted by molar-refractivity contribution is -0.137. The molecule has 1 N–H and O–H groups in total. The van der Waals surface area contributed by atoms with Crippen LogP contribution in [0.3, 0.4) is 0 Å². The molecule has 116 valence electrons. The number of rotatable bonds is 3. The first kappa shape index (κ1) is 15.9. The van der Waals surface area contributed by atoms with E-state index < -0.39 is 29.3 Å². The summed E-state index contributed by atoms with van der Waals surface area (Å²) in [6.07, 6.45) is -4.42. The summed E-state index contributed by atoms with van der Waals surface area (Å²) in [7, 11) is 0. The molecule has 0 aliphatic rings. The first-order chi connectivity index (χ1) is 10.3. The number of alkyl halides is 3. The van der Waals surface area contributed by atoms with E-state index in [1.54, 1.807) is 0 Å². The fraction of sp³-hybridized carbons (Fsp3) is 0.133. The standard InChI is InChI=1S/C15H10F5NO/c16-12-6-3-10(7-13(12)17)14(22)21-8-9-1-4-11(5-2-9)15(18,19)20/h1-7H,8H2,(H,21,22). The van der Waals surface area contributed by atoms with Crippen molar-refractivity contribution in [2.45, 2.75) is 12.7 Å². The van der Waals surface area contributed by atoms with Gasteiger partial charge in [-0.3, -0.25) is 4.79 Å². The third-order valence-electron chi connectivity index (χ3n) is 2.92. The van der Waals surface area contributed by atoms with Gasteiger partial charge in [0.1, 0.15) is 0 Å². The Balaban J connectivity index is 2.00. The normalized spacial score (nSPS) is 11.3. The van der Waals surface area contributed by atoms with Crippen LogP contribution in [0.4, 0.5) is 22.0 Å². The van der Waals surface area contributed by atoms with E-state index in [4.69, 9.17) is 0 Å². The number of carbonyl (C=O) groups is 1. The highest BCUT2D eigenvalue weighted by molar-refractivity contribution is 5.94. The molecular formula is C15H10F5NO. The smallest absolute Gasteiger partial charge is 0.348 e. The number of amides is 1. The maximum atomic E-state index is 13.0. The highest BCUT2D eigenvalue weighted by Crippen LogP contribution is 2.29. The predicted molar refractivity (Wildman–Crippen MR) is 69.0 cm³/mol. The summed E-state index contributed by atoms with van der Waals surface area (Å²) in [6, 6.07) is 6.95. The summed E-state index contributed by atoms with van der Waals surface area (Å²) in [6.45, 7) is -0.0318. The molecule has 2 nitrogen and oxygen atoms in total. The van der Waals surface area contributed by atoms with Gasteiger partial charge < -0.3 is 5.32 Å². The molecule has 22 heavy (non-hydrogen) atoms. The fourth-order valence-electron chi connectivity index (χ4n) is 1.73. The van der Waals surface area contributed by atoms with Crippen LogP contribution in [0.25, 0.3) is 0 Å². The summed E-state index contributed by atoms with van der Waals surface area (Å²) in [4.78, 5) is 11.7. The molecule has 0 saturated carbocycles. The second kappa shape index (κ2) is 6.13. The SMILES string of the molecule is O=C(NCc1ccc(C(F)(F)F)cc1)c1ccc(F)c(F)c1. The van der Waals surface area contributed by atoms with E-state index in [0.29, 0.717) is 5.56 Å². The molecule has 0 radical (unpaired) electrons. The average Bonchev–Trinajstić information content (AvgIpc) is 2.47. The number of hydrogen-bond donors (Lipinski definition) is 1. The summed E-state index contributed by atoms with van der Waals surface area (Å²) in [5.41, 5.74) is -0.419. The number of halogens is 5. The average molecular weight is 315 g/mol. The Bertz CT molecular complexity index is 679. The molecule has 0 saturated heterocycles. The minimum absolute atomic E-state index is 0.0318. The van der Waals surface area contributed by atoms with Crippen LogP contribution in [-0.2, 0) is 12.7 Å². The third-order valence-corrected chi connectivity index (χ3v) is 2.92. The zero-order valence-corrected chi connectivity index (χ0v) is 11.0. The third kappa shape index (κ3) is 3.81. The minimum atomic E-state index is -4.42. The Hall–Kier alpha value is -2.44. The van der Waals surface area contributed by atoms with Gasteiger partial charge in [-0.2, -0.15) is 13.2 Å². The lowest BCUT2D eigenvalue weighted by Crippen LogP contribution is -2.23. The fourth-order valence-corrected chi connectivity index (χ4v) is 1.73. The molecule has 0 aliphatic heterocycles. The van der Waals surface area contributed by atoms with Gasteiger partial charge in [-0.05, 0) is 35.9 Å². The molecule has 0 aliphatic carbocycles. The Kier molecular flexibility index (Phi) is 4.44. The van der Waals surface area contributed by atoms with Crippen LogP contribution in [0.2, 0.25) is 0 Å². The lowest BCUT2D eigenvalue weighted by Gasteiger charge is -2.09. The Morgan fingerprint density at radius 1 is 0.955 bits per heavy atom. The number of nitrogens with one attached hydrogen (secondary N) is 1. The maximum Gasteiger partial charge on any atom is 0.416 e. The summed E-state index contributed by atoms with van der Waals surface area (Å²) in [5.74, 6) is -2.87. The molecule has 0 heterocycles. The van der Waals surface area contributed by atoms with Crippen molar-refractivity contribution in [1.29, 1.82) is 0 Å². The van der Waals surface area contributed by atoms with E-state index in [1.807, 2.05) is 0 Å². The van der Waals surface area contributed by atoms with Crippen LogP contribution in [0, 0.1) is 11.6 Å². The Morgan fingerprint density at radius 2 is 1.59 bits per heavy atom. The second-order valence-electron chi connectivity index (χ2n) is 4.51. The largest absolute Gasteiger partial charge is 0.416 e. The Morgan fingerprint density at radius 3 is 2.14 bits per heavy atom. The van der Waals surface area contributed by atoms with Gasteiger partial charge in [-0.1, -0.05) is 12.1 Å². The molecule has 7 heteroatoms.